The molecule has 8 nitrogen and oxygen atoms in total. The van der Waals surface area contributed by atoms with Gasteiger partial charge in [0.1, 0.15) is 12.4 Å². The lowest BCUT2D eigenvalue weighted by atomic mass is 10.1. The molecule has 0 aliphatic carbocycles. The number of nitrogens with two attached hydrogens (primary N) is 1. The summed E-state index contributed by atoms with van der Waals surface area (Å²) in [5, 5.41) is 9.03. The number of rotatable bonds is 5. The van der Waals surface area contributed by atoms with Gasteiger partial charge in [0.25, 0.3) is 5.91 Å². The molecule has 2 heterocycles. The van der Waals surface area contributed by atoms with Gasteiger partial charge in [0.05, 0.1) is 17.1 Å². The summed E-state index contributed by atoms with van der Waals surface area (Å²) in [7, 11) is -3.20. The Morgan fingerprint density at radius 1 is 1.48 bits per heavy atom. The van der Waals surface area contributed by atoms with E-state index in [1.165, 1.54) is 23.2 Å². The van der Waals surface area contributed by atoms with E-state index >= 15 is 0 Å². The molecule has 9 heteroatoms. The molecule has 1 aromatic rings. The topological polar surface area (TPSA) is 131 Å². The molecule has 1 unspecified atom stereocenters. The van der Waals surface area contributed by atoms with Gasteiger partial charge in [-0.05, 0) is 18.6 Å². The highest BCUT2D eigenvalue weighted by Gasteiger charge is 2.35. The minimum atomic E-state index is -3.20. The summed E-state index contributed by atoms with van der Waals surface area (Å²) < 4.78 is 23.2. The molecule has 0 spiro atoms. The van der Waals surface area contributed by atoms with Gasteiger partial charge in [-0.15, -0.1) is 0 Å². The van der Waals surface area contributed by atoms with E-state index in [0.29, 0.717) is 6.42 Å². The van der Waals surface area contributed by atoms with Crippen molar-refractivity contribution in [2.45, 2.75) is 12.5 Å². The van der Waals surface area contributed by atoms with Gasteiger partial charge in [0.2, 0.25) is 0 Å². The predicted octanol–water partition coefficient (Wildman–Crippen LogP) is -0.741. The molecule has 1 fully saturated rings. The standard InChI is InChI=1S/C12H15N3O5S/c13-11(18)9-2-1-4-14-12(9)15(6-10(16)17)8-3-5-21(19,20)7-8/h1-2,4,8H,3,5-7H2,(H2,13,18)(H,16,17). The third-order valence-electron chi connectivity index (χ3n) is 3.28. The Hall–Kier alpha value is -2.16. The van der Waals surface area contributed by atoms with E-state index in [-0.39, 0.29) is 22.9 Å². The van der Waals surface area contributed by atoms with Gasteiger partial charge in [-0.1, -0.05) is 0 Å². The number of carboxylic acid groups (broad SMARTS) is 1. The van der Waals surface area contributed by atoms with Crippen molar-refractivity contribution in [3.8, 4) is 0 Å². The van der Waals surface area contributed by atoms with E-state index < -0.39 is 34.3 Å². The minimum Gasteiger partial charge on any atom is -0.480 e. The highest BCUT2D eigenvalue weighted by Crippen LogP contribution is 2.25. The van der Waals surface area contributed by atoms with Crippen LogP contribution in [0.3, 0.4) is 0 Å². The molecule has 1 atom stereocenters. The van der Waals surface area contributed by atoms with Crippen LogP contribution in [0.15, 0.2) is 18.3 Å². The van der Waals surface area contributed by atoms with Crippen molar-refractivity contribution >= 4 is 27.5 Å². The molecule has 0 radical (unpaired) electrons. The number of anilines is 1. The summed E-state index contributed by atoms with van der Waals surface area (Å²) in [5.41, 5.74) is 5.34. The van der Waals surface area contributed by atoms with Gasteiger partial charge in [0, 0.05) is 12.2 Å². The number of aliphatic carboxylic acids is 1. The van der Waals surface area contributed by atoms with Crippen LogP contribution in [0.2, 0.25) is 0 Å². The lowest BCUT2D eigenvalue weighted by Crippen LogP contribution is -2.41. The van der Waals surface area contributed by atoms with Crippen molar-refractivity contribution in [3.05, 3.63) is 23.9 Å². The SMILES string of the molecule is NC(=O)c1cccnc1N(CC(=O)O)C1CCS(=O)(=O)C1. The molecule has 3 N–H and O–H groups in total. The second-order valence-corrected chi connectivity index (χ2v) is 7.05. The van der Waals surface area contributed by atoms with E-state index in [0.717, 1.165) is 0 Å². The van der Waals surface area contributed by atoms with Gasteiger partial charge in [-0.2, -0.15) is 0 Å². The molecule has 2 rings (SSSR count). The summed E-state index contributed by atoms with van der Waals surface area (Å²) in [6, 6.07) is 2.41. The fraction of sp³-hybridized carbons (Fsp3) is 0.417. The largest absolute Gasteiger partial charge is 0.480 e. The Balaban J connectivity index is 2.42. The number of pyridine rings is 1. The first-order valence-electron chi connectivity index (χ1n) is 6.24. The zero-order valence-corrected chi connectivity index (χ0v) is 11.9. The van der Waals surface area contributed by atoms with Crippen LogP contribution in [0.4, 0.5) is 5.82 Å². The monoisotopic (exact) mass is 313 g/mol. The number of hydrogen-bond donors (Lipinski definition) is 2. The number of carbonyl (C=O) groups excluding carboxylic acids is 1. The lowest BCUT2D eigenvalue weighted by molar-refractivity contribution is -0.135. The third-order valence-corrected chi connectivity index (χ3v) is 5.03. The third kappa shape index (κ3) is 3.48. The zero-order valence-electron chi connectivity index (χ0n) is 11.1. The van der Waals surface area contributed by atoms with Gasteiger partial charge >= 0.3 is 5.97 Å². The predicted molar refractivity (Wildman–Crippen MR) is 74.8 cm³/mol. The molecule has 0 aromatic carbocycles. The fourth-order valence-electron chi connectivity index (χ4n) is 2.36. The molecule has 1 aliphatic rings. The van der Waals surface area contributed by atoms with Crippen LogP contribution < -0.4 is 10.6 Å². The van der Waals surface area contributed by atoms with Crippen LogP contribution in [0.25, 0.3) is 0 Å². The summed E-state index contributed by atoms with van der Waals surface area (Å²) in [4.78, 5) is 27.8. The number of nitrogens with zero attached hydrogens (tertiary/aromatic N) is 2. The Labute approximate surface area is 121 Å². The van der Waals surface area contributed by atoms with Crippen molar-refractivity contribution in [2.75, 3.05) is 23.0 Å². The van der Waals surface area contributed by atoms with Gasteiger partial charge < -0.3 is 15.7 Å². The highest BCUT2D eigenvalue weighted by molar-refractivity contribution is 7.91. The first-order valence-corrected chi connectivity index (χ1v) is 8.06. The summed E-state index contributed by atoms with van der Waals surface area (Å²) in [6.07, 6.45) is 1.70. The molecule has 1 amide bonds. The second kappa shape index (κ2) is 5.68. The molecule has 21 heavy (non-hydrogen) atoms. The van der Waals surface area contributed by atoms with Gasteiger partial charge in [0.15, 0.2) is 9.84 Å². The number of primary amides is 1. The molecular weight excluding hydrogens is 298 g/mol. The van der Waals surface area contributed by atoms with E-state index in [9.17, 15) is 18.0 Å². The van der Waals surface area contributed by atoms with Crippen LogP contribution in [-0.2, 0) is 14.6 Å². The Morgan fingerprint density at radius 2 is 2.19 bits per heavy atom. The molecule has 0 saturated carbocycles. The van der Waals surface area contributed by atoms with Gasteiger partial charge in [-0.25, -0.2) is 13.4 Å². The van der Waals surface area contributed by atoms with Gasteiger partial charge in [-0.3, -0.25) is 9.59 Å². The fourth-order valence-corrected chi connectivity index (χ4v) is 4.09. The van der Waals surface area contributed by atoms with Crippen LogP contribution in [0.5, 0.6) is 0 Å². The minimum absolute atomic E-state index is 0.00742. The quantitative estimate of drug-likeness (QED) is 0.731. The Morgan fingerprint density at radius 3 is 2.71 bits per heavy atom. The summed E-state index contributed by atoms with van der Waals surface area (Å²) in [5.74, 6) is -1.94. The number of aromatic nitrogens is 1. The molecule has 1 aromatic heterocycles. The normalized spacial score (nSPS) is 20.1. The maximum absolute atomic E-state index is 11.6. The molecular formula is C12H15N3O5S. The molecule has 1 aliphatic heterocycles. The van der Waals surface area contributed by atoms with Crippen molar-refractivity contribution in [1.82, 2.24) is 4.98 Å². The van der Waals surface area contributed by atoms with Crippen molar-refractivity contribution in [2.24, 2.45) is 5.73 Å². The van der Waals surface area contributed by atoms with E-state index in [4.69, 9.17) is 10.8 Å². The average Bonchev–Trinajstić information content (AvgIpc) is 2.76. The van der Waals surface area contributed by atoms with Crippen LogP contribution in [0, 0.1) is 0 Å². The van der Waals surface area contributed by atoms with Crippen LogP contribution >= 0.6 is 0 Å². The van der Waals surface area contributed by atoms with Crippen LogP contribution in [-0.4, -0.2) is 54.5 Å². The molecule has 114 valence electrons. The Bertz CT molecular complexity index is 673. The Kier molecular flexibility index (Phi) is 4.12. The lowest BCUT2D eigenvalue weighted by Gasteiger charge is -2.28. The maximum Gasteiger partial charge on any atom is 0.323 e. The van der Waals surface area contributed by atoms with E-state index in [1.54, 1.807) is 0 Å². The summed E-state index contributed by atoms with van der Waals surface area (Å²) in [6.45, 7) is -0.447. The molecule has 1 saturated heterocycles. The summed E-state index contributed by atoms with van der Waals surface area (Å²) >= 11 is 0. The molecule has 0 bridgehead atoms. The zero-order chi connectivity index (χ0) is 15.6. The number of amides is 1. The van der Waals surface area contributed by atoms with Crippen molar-refractivity contribution in [3.63, 3.8) is 0 Å². The smallest absolute Gasteiger partial charge is 0.323 e. The van der Waals surface area contributed by atoms with Crippen LogP contribution in [0.1, 0.15) is 16.8 Å². The first kappa shape index (κ1) is 15.2. The van der Waals surface area contributed by atoms with E-state index in [2.05, 4.69) is 4.98 Å². The number of carboxylic acids is 1. The number of carbonyl (C=O) groups is 2. The second-order valence-electron chi connectivity index (χ2n) is 4.82. The highest BCUT2D eigenvalue weighted by atomic mass is 32.2. The van der Waals surface area contributed by atoms with Crippen molar-refractivity contribution < 1.29 is 23.1 Å². The van der Waals surface area contributed by atoms with Crippen molar-refractivity contribution in [1.29, 1.82) is 0 Å². The first-order chi connectivity index (χ1) is 9.80. The number of sulfone groups is 1. The van der Waals surface area contributed by atoms with E-state index in [1.807, 2.05) is 0 Å². The number of hydrogen-bond acceptors (Lipinski definition) is 6. The maximum atomic E-state index is 11.6. The average molecular weight is 313 g/mol.